The van der Waals surface area contributed by atoms with E-state index in [9.17, 15) is 4.79 Å². The van der Waals surface area contributed by atoms with Crippen LogP contribution in [0.25, 0.3) is 0 Å². The topological polar surface area (TPSA) is 85.8 Å². The van der Waals surface area contributed by atoms with Crippen LogP contribution in [0, 0.1) is 6.92 Å². The lowest BCUT2D eigenvalue weighted by molar-refractivity contribution is 0.0949. The zero-order valence-corrected chi connectivity index (χ0v) is 10.4. The molecule has 6 nitrogen and oxygen atoms in total. The Morgan fingerprint density at radius 2 is 2.41 bits per heavy atom. The van der Waals surface area contributed by atoms with Gasteiger partial charge >= 0.3 is 0 Å². The monoisotopic (exact) mass is 251 g/mol. The van der Waals surface area contributed by atoms with Crippen LogP contribution >= 0.6 is 11.3 Å². The van der Waals surface area contributed by atoms with E-state index in [1.54, 1.807) is 17.9 Å². The summed E-state index contributed by atoms with van der Waals surface area (Å²) in [5.74, 6) is -0.151. The van der Waals surface area contributed by atoms with E-state index in [0.29, 0.717) is 17.2 Å². The van der Waals surface area contributed by atoms with Crippen molar-refractivity contribution in [2.24, 2.45) is 7.05 Å². The molecular weight excluding hydrogens is 238 g/mol. The van der Waals surface area contributed by atoms with Crippen LogP contribution in [0.2, 0.25) is 0 Å². The Hall–Kier alpha value is -1.89. The van der Waals surface area contributed by atoms with Crippen molar-refractivity contribution in [2.45, 2.75) is 13.5 Å². The molecule has 0 radical (unpaired) electrons. The van der Waals surface area contributed by atoms with Crippen LogP contribution in [-0.4, -0.2) is 20.7 Å². The van der Waals surface area contributed by atoms with Gasteiger partial charge in [-0.15, -0.1) is 11.3 Å². The SMILES string of the molecule is Cc1c(C(=O)NCc2csc(N)n2)cnn1C. The second-order valence-corrected chi connectivity index (χ2v) is 4.52. The lowest BCUT2D eigenvalue weighted by atomic mass is 10.2. The van der Waals surface area contributed by atoms with Crippen LogP contribution in [0.5, 0.6) is 0 Å². The van der Waals surface area contributed by atoms with E-state index in [4.69, 9.17) is 5.73 Å². The average molecular weight is 251 g/mol. The first-order chi connectivity index (χ1) is 8.08. The smallest absolute Gasteiger partial charge is 0.255 e. The summed E-state index contributed by atoms with van der Waals surface area (Å²) >= 11 is 1.36. The Morgan fingerprint density at radius 3 is 2.94 bits per heavy atom. The van der Waals surface area contributed by atoms with E-state index in [0.717, 1.165) is 11.4 Å². The van der Waals surface area contributed by atoms with Gasteiger partial charge in [0.2, 0.25) is 0 Å². The third kappa shape index (κ3) is 2.44. The molecule has 7 heteroatoms. The molecule has 0 bridgehead atoms. The molecule has 0 saturated heterocycles. The maximum atomic E-state index is 11.8. The quantitative estimate of drug-likeness (QED) is 0.840. The highest BCUT2D eigenvalue weighted by Gasteiger charge is 2.12. The van der Waals surface area contributed by atoms with E-state index in [1.165, 1.54) is 11.3 Å². The van der Waals surface area contributed by atoms with Gasteiger partial charge in [0.05, 0.1) is 24.0 Å². The summed E-state index contributed by atoms with van der Waals surface area (Å²) in [4.78, 5) is 15.9. The van der Waals surface area contributed by atoms with Crippen molar-refractivity contribution < 1.29 is 4.79 Å². The summed E-state index contributed by atoms with van der Waals surface area (Å²) < 4.78 is 1.66. The Morgan fingerprint density at radius 1 is 1.65 bits per heavy atom. The lowest BCUT2D eigenvalue weighted by Crippen LogP contribution is -2.23. The summed E-state index contributed by atoms with van der Waals surface area (Å²) in [6, 6.07) is 0. The highest BCUT2D eigenvalue weighted by Crippen LogP contribution is 2.11. The van der Waals surface area contributed by atoms with Crippen molar-refractivity contribution in [1.29, 1.82) is 0 Å². The number of aryl methyl sites for hydroxylation is 1. The minimum atomic E-state index is -0.151. The molecule has 90 valence electrons. The van der Waals surface area contributed by atoms with Gasteiger partial charge in [-0.25, -0.2) is 4.98 Å². The number of aromatic nitrogens is 3. The van der Waals surface area contributed by atoms with E-state index in [1.807, 2.05) is 12.3 Å². The maximum absolute atomic E-state index is 11.8. The van der Waals surface area contributed by atoms with Gasteiger partial charge < -0.3 is 11.1 Å². The summed E-state index contributed by atoms with van der Waals surface area (Å²) in [6.45, 7) is 2.23. The van der Waals surface area contributed by atoms with E-state index < -0.39 is 0 Å². The molecule has 1 amide bonds. The van der Waals surface area contributed by atoms with Crippen molar-refractivity contribution >= 4 is 22.4 Å². The number of carbonyl (C=O) groups is 1. The number of hydrogen-bond acceptors (Lipinski definition) is 5. The first-order valence-corrected chi connectivity index (χ1v) is 5.92. The molecule has 0 aromatic carbocycles. The molecule has 0 aliphatic carbocycles. The van der Waals surface area contributed by atoms with Crippen molar-refractivity contribution in [2.75, 3.05) is 5.73 Å². The van der Waals surface area contributed by atoms with Gasteiger partial charge in [-0.3, -0.25) is 9.48 Å². The molecular formula is C10H13N5OS. The average Bonchev–Trinajstić information content (AvgIpc) is 2.84. The lowest BCUT2D eigenvalue weighted by Gasteiger charge is -2.02. The molecule has 0 aliphatic rings. The molecule has 2 heterocycles. The minimum Gasteiger partial charge on any atom is -0.375 e. The molecule has 0 aliphatic heterocycles. The molecule has 0 spiro atoms. The molecule has 3 N–H and O–H groups in total. The molecule has 2 aromatic heterocycles. The predicted octanol–water partition coefficient (Wildman–Crippen LogP) is 0.697. The number of hydrogen-bond donors (Lipinski definition) is 2. The Kier molecular flexibility index (Phi) is 3.10. The number of nitrogens with two attached hydrogens (primary N) is 1. The predicted molar refractivity (Wildman–Crippen MR) is 65.6 cm³/mol. The summed E-state index contributed by atoms with van der Waals surface area (Å²) in [5, 5.41) is 9.13. The third-order valence-corrected chi connectivity index (χ3v) is 3.20. The molecule has 17 heavy (non-hydrogen) atoms. The van der Waals surface area contributed by atoms with Crippen LogP contribution in [-0.2, 0) is 13.6 Å². The van der Waals surface area contributed by atoms with Gasteiger partial charge in [0.15, 0.2) is 5.13 Å². The van der Waals surface area contributed by atoms with Crippen LogP contribution in [0.4, 0.5) is 5.13 Å². The van der Waals surface area contributed by atoms with Gasteiger partial charge in [-0.1, -0.05) is 0 Å². The summed E-state index contributed by atoms with van der Waals surface area (Å²) in [5.41, 5.74) is 7.68. The van der Waals surface area contributed by atoms with Gasteiger partial charge in [0, 0.05) is 18.1 Å². The van der Waals surface area contributed by atoms with E-state index in [-0.39, 0.29) is 5.91 Å². The van der Waals surface area contributed by atoms with Crippen LogP contribution in [0.3, 0.4) is 0 Å². The van der Waals surface area contributed by atoms with Gasteiger partial charge in [0.1, 0.15) is 0 Å². The largest absolute Gasteiger partial charge is 0.375 e. The van der Waals surface area contributed by atoms with Crippen molar-refractivity contribution in [3.05, 3.63) is 28.5 Å². The Balaban J connectivity index is 2.00. The second kappa shape index (κ2) is 4.54. The standard InChI is InChI=1S/C10H13N5OS/c1-6-8(4-13-15(6)2)9(16)12-3-7-5-17-10(11)14-7/h4-5H,3H2,1-2H3,(H2,11,14)(H,12,16). The molecule has 0 atom stereocenters. The number of nitrogens with zero attached hydrogens (tertiary/aromatic N) is 3. The summed E-state index contributed by atoms with van der Waals surface area (Å²) in [7, 11) is 1.80. The second-order valence-electron chi connectivity index (χ2n) is 3.63. The number of anilines is 1. The van der Waals surface area contributed by atoms with Gasteiger partial charge in [-0.2, -0.15) is 5.10 Å². The Labute approximate surface area is 102 Å². The fourth-order valence-corrected chi connectivity index (χ4v) is 1.95. The molecule has 0 fully saturated rings. The third-order valence-electron chi connectivity index (χ3n) is 2.48. The number of thiazole rings is 1. The fraction of sp³-hybridized carbons (Fsp3) is 0.300. The fourth-order valence-electron chi connectivity index (χ4n) is 1.39. The molecule has 2 aromatic rings. The van der Waals surface area contributed by atoms with Gasteiger partial charge in [0.25, 0.3) is 5.91 Å². The zero-order chi connectivity index (χ0) is 12.4. The summed E-state index contributed by atoms with van der Waals surface area (Å²) in [6.07, 6.45) is 1.56. The number of nitrogens with one attached hydrogen (secondary N) is 1. The number of carbonyl (C=O) groups excluding carboxylic acids is 1. The minimum absolute atomic E-state index is 0.151. The van der Waals surface area contributed by atoms with Gasteiger partial charge in [-0.05, 0) is 6.92 Å². The first kappa shape index (κ1) is 11.6. The molecule has 0 saturated carbocycles. The highest BCUT2D eigenvalue weighted by molar-refractivity contribution is 7.13. The highest BCUT2D eigenvalue weighted by atomic mass is 32.1. The maximum Gasteiger partial charge on any atom is 0.255 e. The van der Waals surface area contributed by atoms with Crippen molar-refractivity contribution in [3.8, 4) is 0 Å². The van der Waals surface area contributed by atoms with Crippen LogP contribution in [0.15, 0.2) is 11.6 Å². The van der Waals surface area contributed by atoms with Crippen LogP contribution < -0.4 is 11.1 Å². The zero-order valence-electron chi connectivity index (χ0n) is 9.60. The van der Waals surface area contributed by atoms with Crippen LogP contribution in [0.1, 0.15) is 21.7 Å². The van der Waals surface area contributed by atoms with Crippen molar-refractivity contribution in [1.82, 2.24) is 20.1 Å². The molecule has 0 unspecified atom stereocenters. The van der Waals surface area contributed by atoms with E-state index >= 15 is 0 Å². The van der Waals surface area contributed by atoms with E-state index in [2.05, 4.69) is 15.4 Å². The normalized spacial score (nSPS) is 10.5. The number of rotatable bonds is 3. The number of nitrogen functional groups attached to an aromatic ring is 1. The van der Waals surface area contributed by atoms with Crippen molar-refractivity contribution in [3.63, 3.8) is 0 Å². The number of amides is 1. The Bertz CT molecular complexity index is 545. The first-order valence-electron chi connectivity index (χ1n) is 5.04. The molecule has 2 rings (SSSR count).